The van der Waals surface area contributed by atoms with E-state index >= 15 is 0 Å². The van der Waals surface area contributed by atoms with Gasteiger partial charge in [-0.05, 0) is 23.4 Å². The lowest BCUT2D eigenvalue weighted by Gasteiger charge is -2.02. The molecule has 1 aliphatic heterocycles. The zero-order valence-corrected chi connectivity index (χ0v) is 7.28. The monoisotopic (exact) mass is 182 g/mol. The van der Waals surface area contributed by atoms with Gasteiger partial charge < -0.3 is 0 Å². The molecule has 0 spiro atoms. The Balaban J connectivity index is 2.29. The largest absolute Gasteiger partial charge is 0.248 e. The molecule has 0 saturated heterocycles. The Hall–Kier alpha value is -0.740. The van der Waals surface area contributed by atoms with Crippen LogP contribution in [0.1, 0.15) is 4.88 Å². The van der Waals surface area contributed by atoms with Crippen LogP contribution in [0, 0.1) is 0 Å². The molecule has 4 heteroatoms. The maximum absolute atomic E-state index is 3.94. The second kappa shape index (κ2) is 3.11. The molecule has 0 bridgehead atoms. The number of thiophene rings is 1. The molecule has 1 N–H and O–H groups in total. The number of nitrogens with zero attached hydrogens (tertiary/aromatic N) is 1. The van der Waals surface area contributed by atoms with Crippen LogP contribution < -0.4 is 4.83 Å². The molecule has 56 valence electrons. The Labute approximate surface area is 73.1 Å². The van der Waals surface area contributed by atoms with Gasteiger partial charge >= 0.3 is 0 Å². The molecule has 2 rings (SSSR count). The van der Waals surface area contributed by atoms with Crippen molar-refractivity contribution >= 4 is 35.1 Å². The molecule has 0 saturated carbocycles. The molecule has 0 amide bonds. The van der Waals surface area contributed by atoms with Gasteiger partial charge in [0, 0.05) is 15.9 Å². The third kappa shape index (κ3) is 1.46. The van der Waals surface area contributed by atoms with Crippen molar-refractivity contribution in [1.29, 1.82) is 0 Å². The van der Waals surface area contributed by atoms with Crippen LogP contribution >= 0.6 is 23.3 Å². The number of allylic oxidation sites excluding steroid dienone is 1. The van der Waals surface area contributed by atoms with Crippen molar-refractivity contribution in [1.82, 2.24) is 4.83 Å². The summed E-state index contributed by atoms with van der Waals surface area (Å²) in [6.07, 6.45) is 1.84. The molecular formula is C7H6N2S2. The Morgan fingerprint density at radius 1 is 1.45 bits per heavy atom. The topological polar surface area (TPSA) is 24.4 Å². The van der Waals surface area contributed by atoms with Crippen molar-refractivity contribution in [3.05, 3.63) is 27.8 Å². The van der Waals surface area contributed by atoms with Gasteiger partial charge in [-0.1, -0.05) is 6.07 Å². The van der Waals surface area contributed by atoms with E-state index < -0.39 is 0 Å². The van der Waals surface area contributed by atoms with E-state index in [2.05, 4.69) is 26.8 Å². The van der Waals surface area contributed by atoms with Crippen molar-refractivity contribution in [2.24, 2.45) is 5.10 Å². The predicted octanol–water partition coefficient (Wildman–Crippen LogP) is 2.33. The number of nitrogens with one attached hydrogen (secondary N) is 1. The first-order chi connectivity index (χ1) is 5.47. The smallest absolute Gasteiger partial charge is 0.0570 e. The summed E-state index contributed by atoms with van der Waals surface area (Å²) in [5.41, 5.74) is 1.18. The lowest BCUT2D eigenvalue weighted by Crippen LogP contribution is -1.97. The van der Waals surface area contributed by atoms with Gasteiger partial charge in [0.2, 0.25) is 0 Å². The molecule has 11 heavy (non-hydrogen) atoms. The highest BCUT2D eigenvalue weighted by molar-refractivity contribution is 8.00. The molecular weight excluding hydrogens is 176 g/mol. The Bertz CT molecular complexity index is 287. The average Bonchev–Trinajstić information content (AvgIpc) is 2.58. The van der Waals surface area contributed by atoms with E-state index in [4.69, 9.17) is 0 Å². The number of hydrogen-bond donors (Lipinski definition) is 1. The van der Waals surface area contributed by atoms with E-state index in [-0.39, 0.29) is 0 Å². The zero-order chi connectivity index (χ0) is 7.52. The van der Waals surface area contributed by atoms with Crippen LogP contribution in [0.15, 0.2) is 28.0 Å². The first kappa shape index (κ1) is 6.94. The Kier molecular flexibility index (Phi) is 1.96. The lowest BCUT2D eigenvalue weighted by molar-refractivity contribution is 1.13. The van der Waals surface area contributed by atoms with Gasteiger partial charge in [0.1, 0.15) is 0 Å². The average molecular weight is 182 g/mol. The third-order valence-corrected chi connectivity index (χ3v) is 2.80. The van der Waals surface area contributed by atoms with Gasteiger partial charge in [-0.25, -0.2) is 4.83 Å². The van der Waals surface area contributed by atoms with Crippen molar-refractivity contribution in [2.45, 2.75) is 0 Å². The molecule has 1 aromatic rings. The molecule has 0 radical (unpaired) electrons. The van der Waals surface area contributed by atoms with E-state index in [0.29, 0.717) is 0 Å². The van der Waals surface area contributed by atoms with E-state index in [1.807, 2.05) is 12.3 Å². The maximum Gasteiger partial charge on any atom is 0.0570 e. The SMILES string of the molecule is C1=NNSC=C1c1cccs1. The molecule has 1 aliphatic rings. The molecule has 0 aromatic carbocycles. The molecule has 1 aromatic heterocycles. The van der Waals surface area contributed by atoms with E-state index in [9.17, 15) is 0 Å². The van der Waals surface area contributed by atoms with Gasteiger partial charge in [0.25, 0.3) is 0 Å². The fourth-order valence-corrected chi connectivity index (χ4v) is 2.08. The quantitative estimate of drug-likeness (QED) is 0.674. The van der Waals surface area contributed by atoms with Crippen LogP contribution in [0.4, 0.5) is 0 Å². The predicted molar refractivity (Wildman–Crippen MR) is 51.5 cm³/mol. The van der Waals surface area contributed by atoms with Crippen LogP contribution in [0.2, 0.25) is 0 Å². The fraction of sp³-hybridized carbons (Fsp3) is 0. The first-order valence-corrected chi connectivity index (χ1v) is 4.90. The van der Waals surface area contributed by atoms with Gasteiger partial charge in [-0.15, -0.1) is 11.3 Å². The van der Waals surface area contributed by atoms with Gasteiger partial charge in [-0.3, -0.25) is 0 Å². The number of hydrazone groups is 1. The second-order valence-corrected chi connectivity index (χ2v) is 3.62. The fourth-order valence-electron chi connectivity index (χ4n) is 0.811. The highest BCUT2D eigenvalue weighted by Crippen LogP contribution is 2.22. The first-order valence-electron chi connectivity index (χ1n) is 3.14. The van der Waals surface area contributed by atoms with E-state index in [1.165, 1.54) is 22.4 Å². The van der Waals surface area contributed by atoms with Crippen molar-refractivity contribution < 1.29 is 0 Å². The van der Waals surface area contributed by atoms with Crippen LogP contribution in [0.5, 0.6) is 0 Å². The van der Waals surface area contributed by atoms with E-state index in [0.717, 1.165) is 0 Å². The van der Waals surface area contributed by atoms with Gasteiger partial charge in [-0.2, -0.15) is 5.10 Å². The van der Waals surface area contributed by atoms with Crippen molar-refractivity contribution in [3.8, 4) is 0 Å². The van der Waals surface area contributed by atoms with Crippen LogP contribution in [-0.4, -0.2) is 6.21 Å². The molecule has 2 nitrogen and oxygen atoms in total. The summed E-state index contributed by atoms with van der Waals surface area (Å²) in [5.74, 6) is 0. The molecule has 2 heterocycles. The summed E-state index contributed by atoms with van der Waals surface area (Å²) < 4.78 is 0. The summed E-state index contributed by atoms with van der Waals surface area (Å²) in [5, 5.41) is 8.06. The van der Waals surface area contributed by atoms with Crippen molar-refractivity contribution in [2.75, 3.05) is 0 Å². The molecule has 0 aliphatic carbocycles. The molecule has 0 unspecified atom stereocenters. The Morgan fingerprint density at radius 3 is 3.09 bits per heavy atom. The molecule has 0 fully saturated rings. The van der Waals surface area contributed by atoms with Crippen LogP contribution in [0.25, 0.3) is 5.57 Å². The van der Waals surface area contributed by atoms with Crippen molar-refractivity contribution in [3.63, 3.8) is 0 Å². The molecule has 0 atom stereocenters. The summed E-state index contributed by atoms with van der Waals surface area (Å²) in [6.45, 7) is 0. The van der Waals surface area contributed by atoms with Gasteiger partial charge in [0.05, 0.1) is 6.21 Å². The van der Waals surface area contributed by atoms with Crippen LogP contribution in [0.3, 0.4) is 0 Å². The number of rotatable bonds is 1. The Morgan fingerprint density at radius 2 is 2.45 bits per heavy atom. The summed E-state index contributed by atoms with van der Waals surface area (Å²) >= 11 is 3.23. The lowest BCUT2D eigenvalue weighted by atomic mass is 10.3. The minimum Gasteiger partial charge on any atom is -0.248 e. The number of hydrogen-bond acceptors (Lipinski definition) is 4. The minimum atomic E-state index is 1.18. The highest BCUT2D eigenvalue weighted by Gasteiger charge is 2.01. The highest BCUT2D eigenvalue weighted by atomic mass is 32.2. The summed E-state index contributed by atoms with van der Waals surface area (Å²) in [6, 6.07) is 4.13. The van der Waals surface area contributed by atoms with E-state index in [1.54, 1.807) is 11.3 Å². The van der Waals surface area contributed by atoms with Gasteiger partial charge in [0.15, 0.2) is 0 Å². The summed E-state index contributed by atoms with van der Waals surface area (Å²) in [7, 11) is 0. The normalized spacial score (nSPS) is 15.8. The third-order valence-electron chi connectivity index (χ3n) is 1.30. The zero-order valence-electron chi connectivity index (χ0n) is 5.65. The summed E-state index contributed by atoms with van der Waals surface area (Å²) in [4.78, 5) is 4.06. The standard InChI is InChI=1S/C7H6N2S2/c1-2-7(10-3-1)6-4-8-9-11-5-6/h1-5,9H. The van der Waals surface area contributed by atoms with Crippen LogP contribution in [-0.2, 0) is 0 Å². The minimum absolute atomic E-state index is 1.18. The maximum atomic E-state index is 3.94. The second-order valence-electron chi connectivity index (χ2n) is 2.02.